The van der Waals surface area contributed by atoms with Crippen LogP contribution in [0.4, 0.5) is 0 Å². The van der Waals surface area contributed by atoms with Gasteiger partial charge in [0.25, 0.3) is 0 Å². The second-order valence-corrected chi connectivity index (χ2v) is 6.23. The molecule has 0 aliphatic rings. The van der Waals surface area contributed by atoms with E-state index >= 15 is 0 Å². The lowest BCUT2D eigenvalue weighted by molar-refractivity contribution is -0.129. The number of nitrogens with zero attached hydrogens (tertiary/aromatic N) is 1. The lowest BCUT2D eigenvalue weighted by Gasteiger charge is -2.29. The number of carbonyl (C=O) groups excluding carboxylic acids is 1. The molecule has 3 N–H and O–H groups in total. The minimum absolute atomic E-state index is 0.0556. The van der Waals surface area contributed by atoms with E-state index in [0.29, 0.717) is 19.5 Å². The standard InChI is InChI=1S/C15H25N3O/c1-14(2,7-8-16)13(19)18-11-15(3,4)12-5-9-17-10-6-12/h5-6,9-10H,7-8,11,16H2,1-4H3,(H,18,19). The van der Waals surface area contributed by atoms with E-state index in [1.807, 2.05) is 26.0 Å². The molecule has 1 rings (SSSR count). The molecule has 0 atom stereocenters. The van der Waals surface area contributed by atoms with Crippen LogP contribution in [-0.2, 0) is 10.2 Å². The fraction of sp³-hybridized carbons (Fsp3) is 0.600. The number of amides is 1. The summed E-state index contributed by atoms with van der Waals surface area (Å²) in [5, 5.41) is 3.03. The van der Waals surface area contributed by atoms with E-state index < -0.39 is 5.41 Å². The van der Waals surface area contributed by atoms with Gasteiger partial charge in [0.05, 0.1) is 0 Å². The molecule has 0 saturated heterocycles. The minimum atomic E-state index is -0.414. The predicted octanol–water partition coefficient (Wildman–Crippen LogP) is 1.85. The van der Waals surface area contributed by atoms with Crippen LogP contribution in [0, 0.1) is 5.41 Å². The Hall–Kier alpha value is -1.42. The van der Waals surface area contributed by atoms with Crippen LogP contribution in [0.25, 0.3) is 0 Å². The summed E-state index contributed by atoms with van der Waals surface area (Å²) >= 11 is 0. The third-order valence-electron chi connectivity index (χ3n) is 3.54. The molecule has 0 aliphatic carbocycles. The molecule has 1 aromatic rings. The number of carbonyl (C=O) groups is 1. The van der Waals surface area contributed by atoms with Crippen molar-refractivity contribution in [3.05, 3.63) is 30.1 Å². The van der Waals surface area contributed by atoms with Crippen LogP contribution >= 0.6 is 0 Å². The number of hydrogen-bond acceptors (Lipinski definition) is 3. The highest BCUT2D eigenvalue weighted by Crippen LogP contribution is 2.23. The molecule has 0 aromatic carbocycles. The number of rotatable bonds is 6. The van der Waals surface area contributed by atoms with Gasteiger partial charge >= 0.3 is 0 Å². The molecule has 1 amide bonds. The maximum atomic E-state index is 12.2. The quantitative estimate of drug-likeness (QED) is 0.823. The zero-order valence-electron chi connectivity index (χ0n) is 12.4. The molecule has 106 valence electrons. The van der Waals surface area contributed by atoms with Crippen LogP contribution in [0.1, 0.15) is 39.7 Å². The first kappa shape index (κ1) is 15.6. The Morgan fingerprint density at radius 3 is 2.37 bits per heavy atom. The summed E-state index contributed by atoms with van der Waals surface area (Å²) in [5.41, 5.74) is 6.18. The van der Waals surface area contributed by atoms with Crippen LogP contribution in [0.5, 0.6) is 0 Å². The Balaban J connectivity index is 2.64. The molecule has 0 bridgehead atoms. The Kier molecular flexibility index (Phi) is 5.06. The van der Waals surface area contributed by atoms with Gasteiger partial charge in [-0.15, -0.1) is 0 Å². The molecule has 4 nitrogen and oxygen atoms in total. The predicted molar refractivity (Wildman–Crippen MR) is 77.7 cm³/mol. The second-order valence-electron chi connectivity index (χ2n) is 6.23. The first-order valence-corrected chi connectivity index (χ1v) is 6.68. The zero-order valence-corrected chi connectivity index (χ0v) is 12.4. The fourth-order valence-electron chi connectivity index (χ4n) is 1.92. The van der Waals surface area contributed by atoms with Gasteiger partial charge in [0.2, 0.25) is 5.91 Å². The molecule has 0 unspecified atom stereocenters. The van der Waals surface area contributed by atoms with Gasteiger partial charge in [-0.25, -0.2) is 0 Å². The summed E-state index contributed by atoms with van der Waals surface area (Å²) in [6.07, 6.45) is 4.24. The molecule has 0 saturated carbocycles. The summed E-state index contributed by atoms with van der Waals surface area (Å²) in [5.74, 6) is 0.0556. The normalized spacial score (nSPS) is 12.3. The van der Waals surface area contributed by atoms with Crippen molar-refractivity contribution in [3.8, 4) is 0 Å². The van der Waals surface area contributed by atoms with E-state index in [9.17, 15) is 4.79 Å². The second kappa shape index (κ2) is 6.15. The monoisotopic (exact) mass is 263 g/mol. The number of pyridine rings is 1. The average Bonchev–Trinajstić information content (AvgIpc) is 2.37. The molecule has 0 fully saturated rings. The third-order valence-corrected chi connectivity index (χ3v) is 3.54. The molecular formula is C15H25N3O. The zero-order chi connectivity index (χ0) is 14.5. The van der Waals surface area contributed by atoms with Crippen LogP contribution < -0.4 is 11.1 Å². The van der Waals surface area contributed by atoms with E-state index in [1.54, 1.807) is 12.4 Å². The van der Waals surface area contributed by atoms with Crippen molar-refractivity contribution in [3.63, 3.8) is 0 Å². The summed E-state index contributed by atoms with van der Waals surface area (Å²) in [7, 11) is 0. The van der Waals surface area contributed by atoms with Crippen molar-refractivity contribution < 1.29 is 4.79 Å². The van der Waals surface area contributed by atoms with Gasteiger partial charge < -0.3 is 11.1 Å². The fourth-order valence-corrected chi connectivity index (χ4v) is 1.92. The Labute approximate surface area is 115 Å². The Morgan fingerprint density at radius 2 is 1.84 bits per heavy atom. The number of hydrogen-bond donors (Lipinski definition) is 2. The topological polar surface area (TPSA) is 68.0 Å². The van der Waals surface area contributed by atoms with E-state index in [1.165, 1.54) is 5.56 Å². The summed E-state index contributed by atoms with van der Waals surface area (Å²) in [4.78, 5) is 16.2. The molecule has 1 heterocycles. The summed E-state index contributed by atoms with van der Waals surface area (Å²) < 4.78 is 0. The largest absolute Gasteiger partial charge is 0.355 e. The number of nitrogens with one attached hydrogen (secondary N) is 1. The summed E-state index contributed by atoms with van der Waals surface area (Å²) in [6, 6.07) is 3.97. The first-order valence-electron chi connectivity index (χ1n) is 6.68. The molecule has 0 aliphatic heterocycles. The lowest BCUT2D eigenvalue weighted by atomic mass is 9.84. The Bertz CT molecular complexity index is 413. The van der Waals surface area contributed by atoms with Gasteiger partial charge in [-0.3, -0.25) is 9.78 Å². The van der Waals surface area contributed by atoms with Crippen molar-refractivity contribution in [2.24, 2.45) is 11.1 Å². The van der Waals surface area contributed by atoms with Crippen LogP contribution in [0.15, 0.2) is 24.5 Å². The van der Waals surface area contributed by atoms with Gasteiger partial charge in [0, 0.05) is 29.8 Å². The van der Waals surface area contributed by atoms with Crippen LogP contribution in [0.2, 0.25) is 0 Å². The SMILES string of the molecule is CC(C)(CCN)C(=O)NCC(C)(C)c1ccncc1. The van der Waals surface area contributed by atoms with Crippen molar-refractivity contribution in [2.45, 2.75) is 39.5 Å². The molecule has 19 heavy (non-hydrogen) atoms. The maximum absolute atomic E-state index is 12.2. The van der Waals surface area contributed by atoms with Crippen molar-refractivity contribution in [2.75, 3.05) is 13.1 Å². The van der Waals surface area contributed by atoms with Gasteiger partial charge in [0.15, 0.2) is 0 Å². The Morgan fingerprint density at radius 1 is 1.26 bits per heavy atom. The summed E-state index contributed by atoms with van der Waals surface area (Å²) in [6.45, 7) is 9.19. The minimum Gasteiger partial charge on any atom is -0.355 e. The highest BCUT2D eigenvalue weighted by atomic mass is 16.2. The van der Waals surface area contributed by atoms with Crippen LogP contribution in [-0.4, -0.2) is 24.0 Å². The van der Waals surface area contributed by atoms with Gasteiger partial charge in [-0.2, -0.15) is 0 Å². The average molecular weight is 263 g/mol. The van der Waals surface area contributed by atoms with Crippen LogP contribution in [0.3, 0.4) is 0 Å². The molecule has 1 aromatic heterocycles. The van der Waals surface area contributed by atoms with E-state index in [2.05, 4.69) is 24.1 Å². The smallest absolute Gasteiger partial charge is 0.225 e. The molecule has 0 spiro atoms. The molecule has 0 radical (unpaired) electrons. The number of aromatic nitrogens is 1. The third kappa shape index (κ3) is 4.31. The van der Waals surface area contributed by atoms with E-state index in [-0.39, 0.29) is 11.3 Å². The first-order chi connectivity index (χ1) is 8.79. The highest BCUT2D eigenvalue weighted by Gasteiger charge is 2.29. The van der Waals surface area contributed by atoms with Gasteiger partial charge in [-0.05, 0) is 30.7 Å². The van der Waals surface area contributed by atoms with Gasteiger partial charge in [0.1, 0.15) is 0 Å². The maximum Gasteiger partial charge on any atom is 0.225 e. The van der Waals surface area contributed by atoms with E-state index in [0.717, 1.165) is 0 Å². The van der Waals surface area contributed by atoms with Crippen molar-refractivity contribution in [1.29, 1.82) is 0 Å². The van der Waals surface area contributed by atoms with Crippen molar-refractivity contribution in [1.82, 2.24) is 10.3 Å². The lowest BCUT2D eigenvalue weighted by Crippen LogP contribution is -2.43. The van der Waals surface area contributed by atoms with Crippen molar-refractivity contribution >= 4 is 5.91 Å². The number of nitrogens with two attached hydrogens (primary N) is 1. The molecule has 4 heteroatoms. The molecular weight excluding hydrogens is 238 g/mol. The van der Waals surface area contributed by atoms with Gasteiger partial charge in [-0.1, -0.05) is 27.7 Å². The van der Waals surface area contributed by atoms with E-state index in [4.69, 9.17) is 5.73 Å². The highest BCUT2D eigenvalue weighted by molar-refractivity contribution is 5.81.